The number of hydrogen-bond donors (Lipinski definition) is 1. The average molecular weight is 269 g/mol. The molecule has 0 bridgehead atoms. The van der Waals surface area contributed by atoms with Crippen LogP contribution >= 0.6 is 0 Å². The van der Waals surface area contributed by atoms with E-state index in [1.54, 1.807) is 6.07 Å². The van der Waals surface area contributed by atoms with Crippen molar-refractivity contribution in [3.63, 3.8) is 0 Å². The summed E-state index contributed by atoms with van der Waals surface area (Å²) in [6, 6.07) is 3.05. The Balaban J connectivity index is 2.14. The molecule has 2 heterocycles. The van der Waals surface area contributed by atoms with Crippen LogP contribution in [0.2, 0.25) is 0 Å². The molecule has 1 N–H and O–H groups in total. The van der Waals surface area contributed by atoms with Crippen LogP contribution in [0.1, 0.15) is 10.5 Å². The number of hydrogen-bond acceptors (Lipinski definition) is 7. The van der Waals surface area contributed by atoms with Gasteiger partial charge in [-0.1, -0.05) is 4.36 Å². The number of carbonyl (C=O) groups excluding carboxylic acids is 1. The van der Waals surface area contributed by atoms with Crippen LogP contribution in [0, 0.1) is 0 Å². The van der Waals surface area contributed by atoms with Crippen molar-refractivity contribution in [2.75, 3.05) is 31.1 Å². The number of nitrogens with one attached hydrogen (secondary N) is 1. The Morgan fingerprint density at radius 2 is 2.00 bits per heavy atom. The zero-order valence-electron chi connectivity index (χ0n) is 9.40. The van der Waals surface area contributed by atoms with Crippen LogP contribution < -0.4 is 10.2 Å². The van der Waals surface area contributed by atoms with Gasteiger partial charge in [0.05, 0.1) is 0 Å². The Morgan fingerprint density at radius 1 is 1.28 bits per heavy atom. The molecule has 1 aromatic heterocycles. The van der Waals surface area contributed by atoms with Gasteiger partial charge in [0.25, 0.3) is 0 Å². The lowest BCUT2D eigenvalue weighted by atomic mass is 10.3. The van der Waals surface area contributed by atoms with Crippen LogP contribution in [-0.4, -0.2) is 50.7 Å². The lowest BCUT2D eigenvalue weighted by molar-refractivity contribution is 0.0999. The maximum atomic E-state index is 11.3. The Hall–Kier alpha value is -1.87. The summed E-state index contributed by atoms with van der Waals surface area (Å²) in [5.74, 6) is -0.251. The number of carbonyl (C=O) groups is 1. The first-order valence-electron chi connectivity index (χ1n) is 5.31. The van der Waals surface area contributed by atoms with E-state index >= 15 is 0 Å². The second-order valence-electron chi connectivity index (χ2n) is 3.63. The molecule has 1 amide bonds. The third kappa shape index (κ3) is 3.08. The average Bonchev–Trinajstić information content (AvgIpc) is 2.39. The topological polar surface area (TPSA) is 105 Å². The standard InChI is InChI=1S/C9H11N5O3S/c15-9(13-18(16)17)7-1-2-8(12-11-7)14-5-3-10-4-6-14/h1-2,10H,3-6H2. The van der Waals surface area contributed by atoms with Gasteiger partial charge in [-0.3, -0.25) is 4.79 Å². The normalized spacial score (nSPS) is 15.2. The van der Waals surface area contributed by atoms with Gasteiger partial charge in [0.2, 0.25) is 0 Å². The van der Waals surface area contributed by atoms with Crippen LogP contribution in [0.4, 0.5) is 5.82 Å². The predicted molar refractivity (Wildman–Crippen MR) is 62.8 cm³/mol. The molecular weight excluding hydrogens is 258 g/mol. The van der Waals surface area contributed by atoms with Gasteiger partial charge >= 0.3 is 16.4 Å². The number of nitrogens with zero attached hydrogens (tertiary/aromatic N) is 4. The summed E-state index contributed by atoms with van der Waals surface area (Å²) < 4.78 is 23.3. The Kier molecular flexibility index (Phi) is 3.95. The zero-order chi connectivity index (χ0) is 13.0. The van der Waals surface area contributed by atoms with Crippen molar-refractivity contribution in [2.45, 2.75) is 0 Å². The number of amides is 1. The van der Waals surface area contributed by atoms with Crippen LogP contribution in [0.3, 0.4) is 0 Å². The fourth-order valence-electron chi connectivity index (χ4n) is 1.62. The van der Waals surface area contributed by atoms with Gasteiger partial charge in [-0.2, -0.15) is 8.42 Å². The second kappa shape index (κ2) is 5.65. The minimum atomic E-state index is -2.77. The number of rotatable bonds is 2. The molecular formula is C9H11N5O3S. The highest BCUT2D eigenvalue weighted by molar-refractivity contribution is 7.62. The first-order valence-corrected chi connectivity index (χ1v) is 6.35. The Morgan fingerprint density at radius 3 is 2.56 bits per heavy atom. The van der Waals surface area contributed by atoms with Gasteiger partial charge in [-0.25, -0.2) is 0 Å². The fraction of sp³-hybridized carbons (Fsp3) is 0.444. The molecule has 1 aliphatic rings. The van der Waals surface area contributed by atoms with E-state index in [4.69, 9.17) is 0 Å². The highest BCUT2D eigenvalue weighted by Gasteiger charge is 2.13. The molecule has 0 spiro atoms. The van der Waals surface area contributed by atoms with E-state index < -0.39 is 16.4 Å². The van der Waals surface area contributed by atoms with E-state index in [2.05, 4.69) is 19.9 Å². The first kappa shape index (κ1) is 12.6. The molecule has 2 rings (SSSR count). The molecule has 8 nitrogen and oxygen atoms in total. The van der Waals surface area contributed by atoms with Gasteiger partial charge < -0.3 is 10.2 Å². The zero-order valence-corrected chi connectivity index (χ0v) is 10.2. The molecule has 0 aliphatic carbocycles. The van der Waals surface area contributed by atoms with Gasteiger partial charge in [-0.05, 0) is 12.1 Å². The maximum Gasteiger partial charge on any atom is 0.319 e. The van der Waals surface area contributed by atoms with Crippen LogP contribution in [0.5, 0.6) is 0 Å². The number of aromatic nitrogens is 2. The van der Waals surface area contributed by atoms with E-state index in [9.17, 15) is 13.2 Å². The van der Waals surface area contributed by atoms with Crippen LogP contribution in [-0.2, 0) is 10.5 Å². The molecule has 0 atom stereocenters. The summed E-state index contributed by atoms with van der Waals surface area (Å²) in [6.45, 7) is 3.37. The van der Waals surface area contributed by atoms with Gasteiger partial charge in [0.1, 0.15) is 0 Å². The van der Waals surface area contributed by atoms with Gasteiger partial charge in [0.15, 0.2) is 11.5 Å². The van der Waals surface area contributed by atoms with E-state index in [0.29, 0.717) is 5.82 Å². The highest BCUT2D eigenvalue weighted by Crippen LogP contribution is 2.10. The van der Waals surface area contributed by atoms with Crippen molar-refractivity contribution >= 4 is 22.2 Å². The van der Waals surface area contributed by atoms with Crippen molar-refractivity contribution in [3.05, 3.63) is 17.8 Å². The fourth-order valence-corrected chi connectivity index (χ4v) is 1.85. The molecule has 0 aromatic carbocycles. The lowest BCUT2D eigenvalue weighted by Crippen LogP contribution is -2.44. The molecule has 9 heteroatoms. The van der Waals surface area contributed by atoms with Crippen molar-refractivity contribution in [1.29, 1.82) is 0 Å². The van der Waals surface area contributed by atoms with Gasteiger partial charge in [0, 0.05) is 26.2 Å². The van der Waals surface area contributed by atoms with E-state index in [1.807, 2.05) is 4.90 Å². The van der Waals surface area contributed by atoms with Crippen molar-refractivity contribution in [1.82, 2.24) is 15.5 Å². The summed E-state index contributed by atoms with van der Waals surface area (Å²) in [5.41, 5.74) is -0.0851. The molecule has 0 unspecified atom stereocenters. The molecule has 1 aliphatic heterocycles. The lowest BCUT2D eigenvalue weighted by Gasteiger charge is -2.27. The second-order valence-corrected chi connectivity index (χ2v) is 4.24. The summed E-state index contributed by atoms with van der Waals surface area (Å²) in [4.78, 5) is 13.3. The van der Waals surface area contributed by atoms with Crippen molar-refractivity contribution in [3.8, 4) is 0 Å². The molecule has 1 saturated heterocycles. The molecule has 0 radical (unpaired) electrons. The number of anilines is 1. The maximum absolute atomic E-state index is 11.3. The molecule has 1 aromatic rings. The third-order valence-corrected chi connectivity index (χ3v) is 2.78. The third-order valence-electron chi connectivity index (χ3n) is 2.47. The number of piperazine rings is 1. The quantitative estimate of drug-likeness (QED) is 0.741. The summed E-state index contributed by atoms with van der Waals surface area (Å²) in [5, 5.41) is 10.8. The first-order chi connectivity index (χ1) is 8.66. The van der Waals surface area contributed by atoms with Crippen LogP contribution in [0.25, 0.3) is 0 Å². The minimum Gasteiger partial charge on any atom is -0.353 e. The molecule has 1 fully saturated rings. The molecule has 18 heavy (non-hydrogen) atoms. The van der Waals surface area contributed by atoms with E-state index in [0.717, 1.165) is 26.2 Å². The Labute approximate surface area is 105 Å². The van der Waals surface area contributed by atoms with Gasteiger partial charge in [-0.15, -0.1) is 10.2 Å². The largest absolute Gasteiger partial charge is 0.353 e. The van der Waals surface area contributed by atoms with E-state index in [-0.39, 0.29) is 5.69 Å². The molecule has 0 saturated carbocycles. The highest BCUT2D eigenvalue weighted by atomic mass is 32.2. The predicted octanol–water partition coefficient (Wildman–Crippen LogP) is -0.911. The summed E-state index contributed by atoms with van der Waals surface area (Å²) >= 11 is 0. The Bertz CT molecular complexity index is 554. The van der Waals surface area contributed by atoms with Crippen LogP contribution in [0.15, 0.2) is 16.5 Å². The SMILES string of the molecule is O=C(N=S(=O)=O)c1ccc(N2CCNCC2)nn1. The monoisotopic (exact) mass is 269 g/mol. The smallest absolute Gasteiger partial charge is 0.319 e. The van der Waals surface area contributed by atoms with Crippen molar-refractivity contribution < 1.29 is 13.2 Å². The van der Waals surface area contributed by atoms with Crippen molar-refractivity contribution in [2.24, 2.45) is 4.36 Å². The van der Waals surface area contributed by atoms with E-state index in [1.165, 1.54) is 6.07 Å². The summed E-state index contributed by atoms with van der Waals surface area (Å²) in [7, 11) is -2.77. The summed E-state index contributed by atoms with van der Waals surface area (Å²) in [6.07, 6.45) is 0. The molecule has 96 valence electrons. The minimum absolute atomic E-state index is 0.0851.